The van der Waals surface area contributed by atoms with Crippen LogP contribution in [-0.2, 0) is 24.2 Å². The Kier molecular flexibility index (Phi) is 8.17. The molecule has 136 valence electrons. The second-order valence-corrected chi connectivity index (χ2v) is 7.65. The number of rotatable bonds is 5. The van der Waals surface area contributed by atoms with Gasteiger partial charge >= 0.3 is 0 Å². The van der Waals surface area contributed by atoms with Crippen LogP contribution in [0.5, 0.6) is 0 Å². The zero-order valence-corrected chi connectivity index (χ0v) is 18.1. The summed E-state index contributed by atoms with van der Waals surface area (Å²) in [5.74, 6) is 0.793. The quantitative estimate of drug-likeness (QED) is 0.385. The van der Waals surface area contributed by atoms with Crippen LogP contribution in [0.15, 0.2) is 34.0 Å². The van der Waals surface area contributed by atoms with Gasteiger partial charge in [-0.2, -0.15) is 0 Å². The fourth-order valence-corrected chi connectivity index (χ4v) is 4.31. The highest BCUT2D eigenvalue weighted by Crippen LogP contribution is 2.23. The molecule has 5 nitrogen and oxygen atoms in total. The third kappa shape index (κ3) is 5.68. The van der Waals surface area contributed by atoms with Crippen LogP contribution < -0.4 is 10.6 Å². The molecule has 2 aromatic rings. The number of hydrogen-bond acceptors (Lipinski definition) is 4. The van der Waals surface area contributed by atoms with Gasteiger partial charge in [0.25, 0.3) is 0 Å². The van der Waals surface area contributed by atoms with Gasteiger partial charge in [-0.15, -0.1) is 46.7 Å². The zero-order valence-electron chi connectivity index (χ0n) is 14.2. The molecule has 1 aliphatic rings. The predicted octanol–water partition coefficient (Wildman–Crippen LogP) is 2.72. The molecule has 0 atom stereocenters. The molecule has 0 spiro atoms. The van der Waals surface area contributed by atoms with E-state index in [1.807, 2.05) is 4.90 Å². The molecule has 2 N–H and O–H groups in total. The number of nitrogens with zero attached hydrogens (tertiary/aromatic N) is 2. The van der Waals surface area contributed by atoms with Crippen molar-refractivity contribution in [1.29, 1.82) is 0 Å². The molecule has 0 bridgehead atoms. The molecule has 25 heavy (non-hydrogen) atoms. The minimum atomic E-state index is 0. The molecule has 0 aromatic carbocycles. The molecule has 8 heteroatoms. The van der Waals surface area contributed by atoms with Gasteiger partial charge in [-0.25, -0.2) is 0 Å². The number of thiophene rings is 2. The first-order valence-corrected chi connectivity index (χ1v) is 9.82. The van der Waals surface area contributed by atoms with E-state index < -0.39 is 0 Å². The second-order valence-electron chi connectivity index (χ2n) is 5.62. The SMILES string of the molecule is CN=C(NCCc1cccs1)NCC(=O)N1CCc2sccc2C1.I. The Morgan fingerprint density at radius 2 is 2.16 bits per heavy atom. The van der Waals surface area contributed by atoms with Crippen LogP contribution in [-0.4, -0.2) is 43.4 Å². The minimum absolute atomic E-state index is 0. The van der Waals surface area contributed by atoms with Crippen LogP contribution in [0.3, 0.4) is 0 Å². The van der Waals surface area contributed by atoms with Crippen molar-refractivity contribution in [2.75, 3.05) is 26.7 Å². The molecule has 2 aromatic heterocycles. The fourth-order valence-electron chi connectivity index (χ4n) is 2.71. The Morgan fingerprint density at radius 3 is 2.92 bits per heavy atom. The van der Waals surface area contributed by atoms with Crippen LogP contribution in [0.25, 0.3) is 0 Å². The average Bonchev–Trinajstić information content (AvgIpc) is 3.28. The van der Waals surface area contributed by atoms with Crippen LogP contribution in [0.1, 0.15) is 15.3 Å². The van der Waals surface area contributed by atoms with Crippen molar-refractivity contribution in [3.05, 3.63) is 44.3 Å². The molecular weight excluding hydrogens is 467 g/mol. The first kappa shape index (κ1) is 20.2. The van der Waals surface area contributed by atoms with Crippen molar-refractivity contribution in [3.63, 3.8) is 0 Å². The number of hydrogen-bond donors (Lipinski definition) is 2. The summed E-state index contributed by atoms with van der Waals surface area (Å²) in [5.41, 5.74) is 1.29. The maximum Gasteiger partial charge on any atom is 0.242 e. The summed E-state index contributed by atoms with van der Waals surface area (Å²) in [6, 6.07) is 6.31. The Balaban J connectivity index is 0.00000225. The molecule has 0 fully saturated rings. The number of nitrogens with one attached hydrogen (secondary N) is 2. The summed E-state index contributed by atoms with van der Waals surface area (Å²) in [7, 11) is 1.73. The summed E-state index contributed by atoms with van der Waals surface area (Å²) in [5, 5.41) is 10.6. The second kappa shape index (κ2) is 10.1. The molecule has 3 rings (SSSR count). The lowest BCUT2D eigenvalue weighted by Gasteiger charge is -2.27. The van der Waals surface area contributed by atoms with E-state index in [1.165, 1.54) is 15.3 Å². The van der Waals surface area contributed by atoms with Gasteiger partial charge in [0.05, 0.1) is 6.54 Å². The summed E-state index contributed by atoms with van der Waals surface area (Å²) < 4.78 is 0. The Morgan fingerprint density at radius 1 is 1.28 bits per heavy atom. The number of carbonyl (C=O) groups is 1. The lowest BCUT2D eigenvalue weighted by Crippen LogP contribution is -2.46. The van der Waals surface area contributed by atoms with E-state index in [2.05, 4.69) is 44.6 Å². The maximum atomic E-state index is 12.4. The van der Waals surface area contributed by atoms with Gasteiger partial charge in [0.15, 0.2) is 5.96 Å². The highest BCUT2D eigenvalue weighted by molar-refractivity contribution is 14.0. The molecular formula is C17H23IN4OS2. The van der Waals surface area contributed by atoms with Crippen LogP contribution in [0, 0.1) is 0 Å². The normalized spacial score (nSPS) is 13.8. The van der Waals surface area contributed by atoms with Crippen molar-refractivity contribution in [2.45, 2.75) is 19.4 Å². The number of guanidine groups is 1. The van der Waals surface area contributed by atoms with Gasteiger partial charge in [0.1, 0.15) is 0 Å². The standard InChI is InChI=1S/C17H22N4OS2.HI/c1-18-17(19-7-4-14-3-2-9-23-14)20-11-16(22)21-8-5-15-13(12-21)6-10-24-15;/h2-3,6,9-10H,4-5,7-8,11-12H2,1H3,(H2,18,19,20);1H. The minimum Gasteiger partial charge on any atom is -0.356 e. The first-order chi connectivity index (χ1) is 11.8. The molecule has 0 saturated carbocycles. The van der Waals surface area contributed by atoms with Gasteiger partial charge in [0, 0.05) is 36.4 Å². The molecule has 3 heterocycles. The van der Waals surface area contributed by atoms with E-state index in [1.54, 1.807) is 29.7 Å². The van der Waals surface area contributed by atoms with Crippen molar-refractivity contribution >= 4 is 58.5 Å². The number of amides is 1. The lowest BCUT2D eigenvalue weighted by atomic mass is 10.1. The number of carbonyl (C=O) groups excluding carboxylic acids is 1. The smallest absolute Gasteiger partial charge is 0.242 e. The van der Waals surface area contributed by atoms with Gasteiger partial charge < -0.3 is 15.5 Å². The van der Waals surface area contributed by atoms with Crippen LogP contribution in [0.4, 0.5) is 0 Å². The third-order valence-corrected chi connectivity index (χ3v) is 5.99. The van der Waals surface area contributed by atoms with E-state index in [0.717, 1.165) is 32.5 Å². The first-order valence-electron chi connectivity index (χ1n) is 8.06. The van der Waals surface area contributed by atoms with Gasteiger partial charge in [-0.05, 0) is 41.3 Å². The van der Waals surface area contributed by atoms with Crippen molar-refractivity contribution < 1.29 is 4.79 Å². The van der Waals surface area contributed by atoms with Crippen molar-refractivity contribution in [2.24, 2.45) is 4.99 Å². The average molecular weight is 490 g/mol. The number of aliphatic imine (C=N–C) groups is 1. The fraction of sp³-hybridized carbons (Fsp3) is 0.412. The Labute approximate surface area is 173 Å². The molecule has 0 radical (unpaired) electrons. The molecule has 0 aliphatic carbocycles. The van der Waals surface area contributed by atoms with E-state index in [-0.39, 0.29) is 36.4 Å². The Bertz CT molecular complexity index is 699. The summed E-state index contributed by atoms with van der Waals surface area (Å²) in [6.45, 7) is 2.61. The summed E-state index contributed by atoms with van der Waals surface area (Å²) >= 11 is 3.54. The molecule has 1 amide bonds. The largest absolute Gasteiger partial charge is 0.356 e. The van der Waals surface area contributed by atoms with Gasteiger partial charge in [0.2, 0.25) is 5.91 Å². The Hall–Kier alpha value is -1.13. The van der Waals surface area contributed by atoms with Gasteiger partial charge in [-0.3, -0.25) is 9.79 Å². The third-order valence-electron chi connectivity index (χ3n) is 4.03. The van der Waals surface area contributed by atoms with Crippen molar-refractivity contribution in [1.82, 2.24) is 15.5 Å². The van der Waals surface area contributed by atoms with E-state index in [4.69, 9.17) is 0 Å². The summed E-state index contributed by atoms with van der Waals surface area (Å²) in [6.07, 6.45) is 1.92. The predicted molar refractivity (Wildman–Crippen MR) is 116 cm³/mol. The summed E-state index contributed by atoms with van der Waals surface area (Å²) in [4.78, 5) is 21.3. The van der Waals surface area contributed by atoms with E-state index in [0.29, 0.717) is 5.96 Å². The van der Waals surface area contributed by atoms with Crippen molar-refractivity contribution in [3.8, 4) is 0 Å². The number of halogens is 1. The molecule has 0 saturated heterocycles. The van der Waals surface area contributed by atoms with Gasteiger partial charge in [-0.1, -0.05) is 6.07 Å². The zero-order chi connectivity index (χ0) is 16.8. The van der Waals surface area contributed by atoms with Crippen LogP contribution >= 0.6 is 46.7 Å². The highest BCUT2D eigenvalue weighted by atomic mass is 127. The molecule has 0 unspecified atom stereocenters. The monoisotopic (exact) mass is 490 g/mol. The maximum absolute atomic E-state index is 12.4. The van der Waals surface area contributed by atoms with E-state index >= 15 is 0 Å². The molecule has 1 aliphatic heterocycles. The highest BCUT2D eigenvalue weighted by Gasteiger charge is 2.21. The van der Waals surface area contributed by atoms with Crippen LogP contribution in [0.2, 0.25) is 0 Å². The van der Waals surface area contributed by atoms with E-state index in [9.17, 15) is 4.79 Å². The number of fused-ring (bicyclic) bond motifs is 1. The topological polar surface area (TPSA) is 56.7 Å². The lowest BCUT2D eigenvalue weighted by molar-refractivity contribution is -0.130.